The van der Waals surface area contributed by atoms with Crippen LogP contribution in [0.15, 0.2) is 24.3 Å². The van der Waals surface area contributed by atoms with Crippen molar-refractivity contribution in [3.63, 3.8) is 0 Å². The molecule has 4 heteroatoms. The number of benzene rings is 1. The van der Waals surface area contributed by atoms with Crippen LogP contribution in [0.5, 0.6) is 0 Å². The van der Waals surface area contributed by atoms with Gasteiger partial charge in [-0.15, -0.1) is 0 Å². The third kappa shape index (κ3) is 4.29. The van der Waals surface area contributed by atoms with Crippen LogP contribution in [0.1, 0.15) is 44.6 Å². The van der Waals surface area contributed by atoms with Crippen LogP contribution in [-0.2, 0) is 11.3 Å². The Kier molecular flexibility index (Phi) is 5.76. The lowest BCUT2D eigenvalue weighted by Gasteiger charge is -2.34. The molecule has 0 aromatic heterocycles. The Balaban J connectivity index is 1.94. The molecule has 0 bridgehead atoms. The molecule has 1 atom stereocenters. The van der Waals surface area contributed by atoms with Gasteiger partial charge in [-0.2, -0.15) is 0 Å². The summed E-state index contributed by atoms with van der Waals surface area (Å²) in [5, 5.41) is 3.00. The average molecular weight is 289 g/mol. The van der Waals surface area contributed by atoms with Gasteiger partial charge in [0.2, 0.25) is 5.91 Å². The maximum atomic E-state index is 12.4. The predicted molar refractivity (Wildman–Crippen MR) is 87.1 cm³/mol. The van der Waals surface area contributed by atoms with Gasteiger partial charge in [0.15, 0.2) is 0 Å². The molecule has 0 aliphatic heterocycles. The summed E-state index contributed by atoms with van der Waals surface area (Å²) in [6.45, 7) is 2.47. The van der Waals surface area contributed by atoms with E-state index < -0.39 is 0 Å². The van der Waals surface area contributed by atoms with Crippen molar-refractivity contribution >= 4 is 11.6 Å². The van der Waals surface area contributed by atoms with Crippen molar-refractivity contribution in [1.29, 1.82) is 0 Å². The molecule has 1 fully saturated rings. The minimum Gasteiger partial charge on any atom is -0.326 e. The number of nitrogens with one attached hydrogen (secondary N) is 1. The van der Waals surface area contributed by atoms with Gasteiger partial charge >= 0.3 is 0 Å². The topological polar surface area (TPSA) is 58.4 Å². The first-order valence-electron chi connectivity index (χ1n) is 7.93. The van der Waals surface area contributed by atoms with Crippen LogP contribution in [0.25, 0.3) is 0 Å². The van der Waals surface area contributed by atoms with Gasteiger partial charge in [0.25, 0.3) is 0 Å². The second-order valence-electron chi connectivity index (χ2n) is 6.03. The summed E-state index contributed by atoms with van der Waals surface area (Å²) in [5.74, 6) is 0.0530. The summed E-state index contributed by atoms with van der Waals surface area (Å²) in [5.41, 5.74) is 7.49. The average Bonchev–Trinajstić information content (AvgIpc) is 2.54. The van der Waals surface area contributed by atoms with E-state index in [4.69, 9.17) is 5.73 Å². The zero-order valence-corrected chi connectivity index (χ0v) is 13.1. The Hall–Kier alpha value is -1.39. The van der Waals surface area contributed by atoms with Gasteiger partial charge in [-0.25, -0.2) is 0 Å². The van der Waals surface area contributed by atoms with E-state index in [1.165, 1.54) is 32.1 Å². The summed E-state index contributed by atoms with van der Waals surface area (Å²) in [4.78, 5) is 14.6. The normalized spacial score (nSPS) is 17.7. The highest BCUT2D eigenvalue weighted by Crippen LogP contribution is 2.23. The maximum Gasteiger partial charge on any atom is 0.241 e. The van der Waals surface area contributed by atoms with Gasteiger partial charge in [0.1, 0.15) is 0 Å². The summed E-state index contributed by atoms with van der Waals surface area (Å²) in [7, 11) is 2.07. The number of anilines is 1. The van der Waals surface area contributed by atoms with Crippen molar-refractivity contribution in [1.82, 2.24) is 4.90 Å². The molecule has 1 aliphatic rings. The molecule has 0 saturated heterocycles. The van der Waals surface area contributed by atoms with Crippen molar-refractivity contribution in [2.24, 2.45) is 5.73 Å². The first kappa shape index (κ1) is 16.0. The number of carbonyl (C=O) groups is 1. The number of hydrogen-bond donors (Lipinski definition) is 2. The summed E-state index contributed by atoms with van der Waals surface area (Å²) in [6.07, 6.45) is 6.30. The third-order valence-corrected chi connectivity index (χ3v) is 4.57. The van der Waals surface area contributed by atoms with Gasteiger partial charge in [0.05, 0.1) is 6.04 Å². The Bertz CT molecular complexity index is 469. The first-order valence-corrected chi connectivity index (χ1v) is 7.93. The summed E-state index contributed by atoms with van der Waals surface area (Å²) >= 11 is 0. The smallest absolute Gasteiger partial charge is 0.241 e. The quantitative estimate of drug-likeness (QED) is 0.876. The molecule has 3 N–H and O–H groups in total. The molecule has 2 rings (SSSR count). The highest BCUT2D eigenvalue weighted by atomic mass is 16.2. The number of hydrogen-bond acceptors (Lipinski definition) is 3. The van der Waals surface area contributed by atoms with E-state index in [1.807, 2.05) is 31.2 Å². The molecule has 1 saturated carbocycles. The Morgan fingerprint density at radius 2 is 2.10 bits per heavy atom. The highest BCUT2D eigenvalue weighted by Gasteiger charge is 2.26. The predicted octanol–water partition coefficient (Wildman–Crippen LogP) is 2.74. The zero-order chi connectivity index (χ0) is 15.2. The van der Waals surface area contributed by atoms with Crippen molar-refractivity contribution in [2.75, 3.05) is 12.4 Å². The van der Waals surface area contributed by atoms with Gasteiger partial charge in [0, 0.05) is 18.3 Å². The van der Waals surface area contributed by atoms with Crippen LogP contribution >= 0.6 is 0 Å². The Morgan fingerprint density at radius 3 is 2.76 bits per heavy atom. The van der Waals surface area contributed by atoms with Crippen LogP contribution in [0.2, 0.25) is 0 Å². The molecule has 0 heterocycles. The number of amides is 1. The lowest BCUT2D eigenvalue weighted by atomic mass is 9.93. The molecule has 1 aliphatic carbocycles. The molecule has 0 radical (unpaired) electrons. The molecule has 1 aromatic carbocycles. The van der Waals surface area contributed by atoms with Crippen molar-refractivity contribution in [3.05, 3.63) is 29.8 Å². The molecular formula is C17H27N3O. The van der Waals surface area contributed by atoms with E-state index in [0.717, 1.165) is 11.3 Å². The van der Waals surface area contributed by atoms with E-state index in [2.05, 4.69) is 17.3 Å². The second-order valence-corrected chi connectivity index (χ2v) is 6.03. The van der Waals surface area contributed by atoms with Crippen LogP contribution in [0.4, 0.5) is 5.69 Å². The molecule has 1 unspecified atom stereocenters. The molecule has 116 valence electrons. The molecule has 1 amide bonds. The van der Waals surface area contributed by atoms with Gasteiger partial charge in [-0.05, 0) is 44.5 Å². The molecule has 21 heavy (non-hydrogen) atoms. The Labute approximate surface area is 127 Å². The lowest BCUT2D eigenvalue weighted by Crippen LogP contribution is -2.46. The SMILES string of the molecule is CC(C(=O)Nc1cccc(CN)c1)N(C)C1CCCCC1. The van der Waals surface area contributed by atoms with E-state index in [1.54, 1.807) is 0 Å². The van der Waals surface area contributed by atoms with Gasteiger partial charge in [-0.3, -0.25) is 9.69 Å². The van der Waals surface area contributed by atoms with Gasteiger partial charge < -0.3 is 11.1 Å². The first-order chi connectivity index (χ1) is 10.1. The van der Waals surface area contributed by atoms with Crippen LogP contribution in [0.3, 0.4) is 0 Å². The van der Waals surface area contributed by atoms with E-state index in [-0.39, 0.29) is 11.9 Å². The van der Waals surface area contributed by atoms with Crippen LogP contribution in [0, 0.1) is 0 Å². The lowest BCUT2D eigenvalue weighted by molar-refractivity contribution is -0.121. The van der Waals surface area contributed by atoms with E-state index in [9.17, 15) is 4.79 Å². The Morgan fingerprint density at radius 1 is 1.38 bits per heavy atom. The molecular weight excluding hydrogens is 262 g/mol. The monoisotopic (exact) mass is 289 g/mol. The second kappa shape index (κ2) is 7.57. The van der Waals surface area contributed by atoms with E-state index in [0.29, 0.717) is 12.6 Å². The molecule has 0 spiro atoms. The largest absolute Gasteiger partial charge is 0.326 e. The fourth-order valence-electron chi connectivity index (χ4n) is 3.01. The van der Waals surface area contributed by atoms with Crippen molar-refractivity contribution in [3.8, 4) is 0 Å². The van der Waals surface area contributed by atoms with Crippen LogP contribution in [-0.4, -0.2) is 29.9 Å². The number of likely N-dealkylation sites (N-methyl/N-ethyl adjacent to an activating group) is 1. The minimum atomic E-state index is -0.116. The summed E-state index contributed by atoms with van der Waals surface area (Å²) in [6, 6.07) is 8.15. The molecule has 4 nitrogen and oxygen atoms in total. The van der Waals surface area contributed by atoms with Crippen molar-refractivity contribution < 1.29 is 4.79 Å². The highest BCUT2D eigenvalue weighted by molar-refractivity contribution is 5.94. The van der Waals surface area contributed by atoms with Crippen molar-refractivity contribution in [2.45, 2.75) is 57.7 Å². The van der Waals surface area contributed by atoms with Crippen LogP contribution < -0.4 is 11.1 Å². The fourth-order valence-corrected chi connectivity index (χ4v) is 3.01. The van der Waals surface area contributed by atoms with E-state index >= 15 is 0 Å². The zero-order valence-electron chi connectivity index (χ0n) is 13.1. The van der Waals surface area contributed by atoms with Gasteiger partial charge in [-0.1, -0.05) is 31.4 Å². The summed E-state index contributed by atoms with van der Waals surface area (Å²) < 4.78 is 0. The number of rotatable bonds is 5. The number of nitrogens with two attached hydrogens (primary N) is 1. The number of nitrogens with zero attached hydrogens (tertiary/aromatic N) is 1. The minimum absolute atomic E-state index is 0.0530. The standard InChI is InChI=1S/C17H27N3O/c1-13(20(2)16-9-4-3-5-10-16)17(21)19-15-8-6-7-14(11-15)12-18/h6-8,11,13,16H,3-5,9-10,12,18H2,1-2H3,(H,19,21). The maximum absolute atomic E-state index is 12.4. The number of carbonyl (C=O) groups excluding carboxylic acids is 1. The molecule has 1 aromatic rings. The third-order valence-electron chi connectivity index (χ3n) is 4.57. The fraction of sp³-hybridized carbons (Fsp3) is 0.588.